The van der Waals surface area contributed by atoms with Gasteiger partial charge in [-0.05, 0) is 6.42 Å². The third-order valence-electron chi connectivity index (χ3n) is 2.50. The first-order valence-corrected chi connectivity index (χ1v) is 5.53. The third-order valence-corrected chi connectivity index (χ3v) is 2.50. The van der Waals surface area contributed by atoms with E-state index in [4.69, 9.17) is 15.2 Å². The van der Waals surface area contributed by atoms with Crippen LogP contribution in [0.15, 0.2) is 12.4 Å². The van der Waals surface area contributed by atoms with Gasteiger partial charge in [-0.25, -0.2) is 0 Å². The monoisotopic (exact) mass is 227 g/mol. The highest BCUT2D eigenvalue weighted by atomic mass is 16.5. The number of rotatable bonds is 7. The Hall–Kier alpha value is -0.910. The summed E-state index contributed by atoms with van der Waals surface area (Å²) in [5, 5.41) is 4.13. The zero-order chi connectivity index (χ0) is 12.0. The van der Waals surface area contributed by atoms with E-state index in [0.29, 0.717) is 13.2 Å². The molecular formula is C11H21N3O2. The highest BCUT2D eigenvalue weighted by Gasteiger charge is 2.20. The molecule has 0 aliphatic rings. The highest BCUT2D eigenvalue weighted by Crippen LogP contribution is 2.21. The van der Waals surface area contributed by atoms with Crippen LogP contribution in [0.3, 0.4) is 0 Å². The first kappa shape index (κ1) is 13.2. The molecule has 16 heavy (non-hydrogen) atoms. The molecule has 0 saturated heterocycles. The molecule has 2 atom stereocenters. The Labute approximate surface area is 96.5 Å². The van der Waals surface area contributed by atoms with Crippen LogP contribution in [0.25, 0.3) is 0 Å². The molecule has 0 bridgehead atoms. The minimum absolute atomic E-state index is 0.0129. The Kier molecular flexibility index (Phi) is 5.45. The van der Waals surface area contributed by atoms with E-state index in [9.17, 15) is 0 Å². The number of aryl methyl sites for hydroxylation is 1. The number of nitrogens with two attached hydrogens (primary N) is 1. The zero-order valence-corrected chi connectivity index (χ0v) is 10.2. The van der Waals surface area contributed by atoms with Gasteiger partial charge in [0.25, 0.3) is 0 Å². The van der Waals surface area contributed by atoms with E-state index in [-0.39, 0.29) is 12.1 Å². The number of aromatic nitrogens is 2. The molecule has 1 rings (SSSR count). The van der Waals surface area contributed by atoms with Gasteiger partial charge in [0, 0.05) is 32.0 Å². The highest BCUT2D eigenvalue weighted by molar-refractivity contribution is 5.10. The lowest BCUT2D eigenvalue weighted by molar-refractivity contribution is 0.00269. The molecule has 0 amide bonds. The number of nitrogens with zero attached hydrogens (tertiary/aromatic N) is 2. The molecule has 1 aromatic rings. The summed E-state index contributed by atoms with van der Waals surface area (Å²) >= 11 is 0. The molecule has 5 heteroatoms. The molecule has 0 aromatic carbocycles. The smallest absolute Gasteiger partial charge is 0.101 e. The van der Waals surface area contributed by atoms with Crippen molar-refractivity contribution in [3.63, 3.8) is 0 Å². The Morgan fingerprint density at radius 2 is 2.25 bits per heavy atom. The Bertz CT molecular complexity index is 301. The standard InChI is InChI=1S/C11H21N3O2/c1-4-10(12)11(16-6-5-15-3)9-7-13-14(2)8-9/h7-8,10-11H,4-6,12H2,1-3H3. The van der Waals surface area contributed by atoms with Crippen LogP contribution in [0.5, 0.6) is 0 Å². The molecule has 1 heterocycles. The molecule has 2 N–H and O–H groups in total. The van der Waals surface area contributed by atoms with Gasteiger partial charge in [0.15, 0.2) is 0 Å². The Balaban J connectivity index is 2.63. The lowest BCUT2D eigenvalue weighted by Gasteiger charge is -2.22. The molecule has 0 radical (unpaired) electrons. The maximum absolute atomic E-state index is 6.04. The van der Waals surface area contributed by atoms with Crippen molar-refractivity contribution in [2.24, 2.45) is 12.8 Å². The summed E-state index contributed by atoms with van der Waals surface area (Å²) in [4.78, 5) is 0. The first-order valence-electron chi connectivity index (χ1n) is 5.53. The van der Waals surface area contributed by atoms with Crippen LogP contribution < -0.4 is 5.73 Å². The van der Waals surface area contributed by atoms with Crippen LogP contribution in [-0.4, -0.2) is 36.1 Å². The Morgan fingerprint density at radius 1 is 1.50 bits per heavy atom. The molecular weight excluding hydrogens is 206 g/mol. The minimum Gasteiger partial charge on any atom is -0.382 e. The summed E-state index contributed by atoms with van der Waals surface area (Å²) in [7, 11) is 3.54. The lowest BCUT2D eigenvalue weighted by atomic mass is 10.0. The van der Waals surface area contributed by atoms with Crippen LogP contribution in [0.1, 0.15) is 25.0 Å². The van der Waals surface area contributed by atoms with Gasteiger partial charge in [-0.3, -0.25) is 4.68 Å². The molecule has 0 aliphatic carbocycles. The number of methoxy groups -OCH3 is 1. The van der Waals surface area contributed by atoms with Crippen molar-refractivity contribution in [2.75, 3.05) is 20.3 Å². The van der Waals surface area contributed by atoms with E-state index in [1.165, 1.54) is 0 Å². The quantitative estimate of drug-likeness (QED) is 0.702. The molecule has 0 spiro atoms. The van der Waals surface area contributed by atoms with Gasteiger partial charge in [-0.2, -0.15) is 5.10 Å². The average molecular weight is 227 g/mol. The molecule has 0 aliphatic heterocycles. The average Bonchev–Trinajstić information content (AvgIpc) is 2.70. The van der Waals surface area contributed by atoms with Crippen LogP contribution in [0.2, 0.25) is 0 Å². The van der Waals surface area contributed by atoms with Gasteiger partial charge in [0.1, 0.15) is 6.10 Å². The Morgan fingerprint density at radius 3 is 2.75 bits per heavy atom. The predicted octanol–water partition coefficient (Wildman–Crippen LogP) is 0.861. The number of hydrogen-bond acceptors (Lipinski definition) is 4. The fraction of sp³-hybridized carbons (Fsp3) is 0.727. The molecule has 2 unspecified atom stereocenters. The van der Waals surface area contributed by atoms with Gasteiger partial charge in [0.2, 0.25) is 0 Å². The second-order valence-corrected chi connectivity index (χ2v) is 3.80. The van der Waals surface area contributed by atoms with Crippen molar-refractivity contribution >= 4 is 0 Å². The predicted molar refractivity (Wildman–Crippen MR) is 62.0 cm³/mol. The maximum atomic E-state index is 6.04. The van der Waals surface area contributed by atoms with E-state index >= 15 is 0 Å². The van der Waals surface area contributed by atoms with E-state index in [2.05, 4.69) is 5.10 Å². The van der Waals surface area contributed by atoms with E-state index in [1.54, 1.807) is 18.0 Å². The second kappa shape index (κ2) is 6.62. The summed E-state index contributed by atoms with van der Waals surface area (Å²) in [6.45, 7) is 3.17. The van der Waals surface area contributed by atoms with Crippen molar-refractivity contribution in [2.45, 2.75) is 25.5 Å². The summed E-state index contributed by atoms with van der Waals surface area (Å²) in [5.41, 5.74) is 7.06. The maximum Gasteiger partial charge on any atom is 0.101 e. The van der Waals surface area contributed by atoms with E-state index < -0.39 is 0 Å². The largest absolute Gasteiger partial charge is 0.382 e. The van der Waals surface area contributed by atoms with Crippen molar-refractivity contribution in [3.8, 4) is 0 Å². The van der Waals surface area contributed by atoms with Gasteiger partial charge in [0.05, 0.1) is 19.4 Å². The topological polar surface area (TPSA) is 62.3 Å². The third kappa shape index (κ3) is 3.59. The zero-order valence-electron chi connectivity index (χ0n) is 10.2. The molecule has 5 nitrogen and oxygen atoms in total. The summed E-state index contributed by atoms with van der Waals surface area (Å²) in [6, 6.07) is -0.0129. The van der Waals surface area contributed by atoms with E-state index in [0.717, 1.165) is 12.0 Å². The number of hydrogen-bond donors (Lipinski definition) is 1. The summed E-state index contributed by atoms with van der Waals surface area (Å²) < 4.78 is 12.4. The van der Waals surface area contributed by atoms with Crippen LogP contribution in [0.4, 0.5) is 0 Å². The fourth-order valence-electron chi connectivity index (χ4n) is 1.53. The number of ether oxygens (including phenoxy) is 2. The first-order chi connectivity index (χ1) is 7.69. The molecule has 0 fully saturated rings. The van der Waals surface area contributed by atoms with Gasteiger partial charge in [-0.15, -0.1) is 0 Å². The van der Waals surface area contributed by atoms with Crippen molar-refractivity contribution < 1.29 is 9.47 Å². The van der Waals surface area contributed by atoms with E-state index in [1.807, 2.05) is 20.2 Å². The summed E-state index contributed by atoms with van der Waals surface area (Å²) in [5.74, 6) is 0. The normalized spacial score (nSPS) is 15.0. The van der Waals surface area contributed by atoms with Gasteiger partial charge in [-0.1, -0.05) is 6.92 Å². The van der Waals surface area contributed by atoms with Gasteiger partial charge < -0.3 is 15.2 Å². The van der Waals surface area contributed by atoms with Crippen LogP contribution in [-0.2, 0) is 16.5 Å². The minimum atomic E-state index is -0.103. The van der Waals surface area contributed by atoms with Crippen LogP contribution in [0, 0.1) is 0 Å². The van der Waals surface area contributed by atoms with Crippen molar-refractivity contribution in [1.29, 1.82) is 0 Å². The second-order valence-electron chi connectivity index (χ2n) is 3.80. The lowest BCUT2D eigenvalue weighted by Crippen LogP contribution is -2.30. The summed E-state index contributed by atoms with van der Waals surface area (Å²) in [6.07, 6.45) is 4.50. The van der Waals surface area contributed by atoms with Crippen molar-refractivity contribution in [1.82, 2.24) is 9.78 Å². The van der Waals surface area contributed by atoms with Crippen LogP contribution >= 0.6 is 0 Å². The SMILES string of the molecule is CCC(N)C(OCCOC)c1cnn(C)c1. The van der Waals surface area contributed by atoms with Gasteiger partial charge >= 0.3 is 0 Å². The van der Waals surface area contributed by atoms with Crippen molar-refractivity contribution in [3.05, 3.63) is 18.0 Å². The molecule has 92 valence electrons. The molecule has 0 saturated carbocycles. The molecule has 1 aromatic heterocycles. The fourth-order valence-corrected chi connectivity index (χ4v) is 1.53.